The van der Waals surface area contributed by atoms with E-state index in [0.29, 0.717) is 36.6 Å². The maximum absolute atomic E-state index is 12.6. The highest BCUT2D eigenvalue weighted by atomic mass is 79.9. The van der Waals surface area contributed by atoms with Gasteiger partial charge in [-0.15, -0.1) is 0 Å². The molecule has 2 aliphatic rings. The molecule has 0 N–H and O–H groups in total. The van der Waals surface area contributed by atoms with Crippen molar-refractivity contribution in [2.75, 3.05) is 19.6 Å². The van der Waals surface area contributed by atoms with Crippen LogP contribution in [-0.2, 0) is 4.79 Å². The second kappa shape index (κ2) is 5.37. The highest BCUT2D eigenvalue weighted by Gasteiger charge is 2.37. The molecule has 0 aliphatic carbocycles. The largest absolute Gasteiger partial charge is 0.336 e. The van der Waals surface area contributed by atoms with Crippen LogP contribution in [-0.4, -0.2) is 47.3 Å². The van der Waals surface area contributed by atoms with Crippen LogP contribution in [0.2, 0.25) is 5.02 Å². The van der Waals surface area contributed by atoms with Crippen LogP contribution < -0.4 is 0 Å². The topological polar surface area (TPSA) is 40.6 Å². The summed E-state index contributed by atoms with van der Waals surface area (Å²) in [5, 5.41) is 0.447. The first-order valence-electron chi connectivity index (χ1n) is 6.60. The molecule has 4 nitrogen and oxygen atoms in total. The van der Waals surface area contributed by atoms with E-state index in [0.717, 1.165) is 10.9 Å². The van der Waals surface area contributed by atoms with Crippen LogP contribution in [0.3, 0.4) is 0 Å². The van der Waals surface area contributed by atoms with Crippen LogP contribution in [0.15, 0.2) is 22.7 Å². The average molecular weight is 358 g/mol. The van der Waals surface area contributed by atoms with Gasteiger partial charge in [0, 0.05) is 36.6 Å². The third kappa shape index (κ3) is 2.33. The zero-order valence-corrected chi connectivity index (χ0v) is 13.2. The normalized spacial score (nSPS) is 22.1. The van der Waals surface area contributed by atoms with E-state index in [1.165, 1.54) is 0 Å². The molecular weight excluding hydrogens is 344 g/mol. The Morgan fingerprint density at radius 2 is 2.15 bits per heavy atom. The molecule has 1 aromatic carbocycles. The molecule has 106 valence electrons. The number of halogens is 2. The maximum Gasteiger partial charge on any atom is 0.255 e. The summed E-state index contributed by atoms with van der Waals surface area (Å²) in [6.07, 6.45) is 1.44. The molecule has 0 spiro atoms. The summed E-state index contributed by atoms with van der Waals surface area (Å²) in [4.78, 5) is 27.9. The molecule has 0 saturated carbocycles. The Kier molecular flexibility index (Phi) is 3.73. The summed E-state index contributed by atoms with van der Waals surface area (Å²) < 4.78 is 0.722. The molecule has 2 fully saturated rings. The van der Waals surface area contributed by atoms with Gasteiger partial charge in [0.1, 0.15) is 0 Å². The van der Waals surface area contributed by atoms with Crippen molar-refractivity contribution in [1.29, 1.82) is 0 Å². The van der Waals surface area contributed by atoms with Gasteiger partial charge in [-0.1, -0.05) is 17.7 Å². The number of piperazine rings is 1. The van der Waals surface area contributed by atoms with E-state index >= 15 is 0 Å². The minimum absolute atomic E-state index is 0.0599. The second-order valence-corrected chi connectivity index (χ2v) is 6.36. The first-order valence-corrected chi connectivity index (χ1v) is 7.78. The van der Waals surface area contributed by atoms with Gasteiger partial charge < -0.3 is 9.80 Å². The van der Waals surface area contributed by atoms with Crippen molar-refractivity contribution >= 4 is 39.3 Å². The third-order valence-corrected chi connectivity index (χ3v) is 5.26. The van der Waals surface area contributed by atoms with Crippen molar-refractivity contribution in [1.82, 2.24) is 9.80 Å². The van der Waals surface area contributed by atoms with Gasteiger partial charge in [-0.2, -0.15) is 0 Å². The van der Waals surface area contributed by atoms with Crippen molar-refractivity contribution < 1.29 is 9.59 Å². The number of benzene rings is 1. The molecule has 2 saturated heterocycles. The van der Waals surface area contributed by atoms with E-state index in [4.69, 9.17) is 11.6 Å². The Bertz CT molecular complexity index is 578. The number of hydrogen-bond donors (Lipinski definition) is 0. The zero-order chi connectivity index (χ0) is 14.3. The standard InChI is InChI=1S/C14H14BrClN2O2/c15-11-3-1-2-10(13(11)16)14(20)17-6-7-18-9(8-17)4-5-12(18)19/h1-3,9H,4-8H2. The molecule has 6 heteroatoms. The van der Waals surface area contributed by atoms with E-state index in [1.54, 1.807) is 17.0 Å². The smallest absolute Gasteiger partial charge is 0.255 e. The molecular formula is C14H14BrClN2O2. The minimum Gasteiger partial charge on any atom is -0.336 e. The molecule has 0 aromatic heterocycles. The average Bonchev–Trinajstić information content (AvgIpc) is 2.82. The molecule has 1 atom stereocenters. The van der Waals surface area contributed by atoms with Gasteiger partial charge in [0.25, 0.3) is 5.91 Å². The van der Waals surface area contributed by atoms with Crippen LogP contribution in [0.25, 0.3) is 0 Å². The number of fused-ring (bicyclic) bond motifs is 1. The predicted molar refractivity (Wildman–Crippen MR) is 79.8 cm³/mol. The molecule has 2 amide bonds. The van der Waals surface area contributed by atoms with E-state index < -0.39 is 0 Å². The summed E-state index contributed by atoms with van der Waals surface area (Å²) in [7, 11) is 0. The lowest BCUT2D eigenvalue weighted by Crippen LogP contribution is -2.53. The van der Waals surface area contributed by atoms with Gasteiger partial charge in [-0.05, 0) is 34.5 Å². The number of amides is 2. The fraction of sp³-hybridized carbons (Fsp3) is 0.429. The fourth-order valence-electron chi connectivity index (χ4n) is 2.89. The summed E-state index contributed by atoms with van der Waals surface area (Å²) in [6.45, 7) is 1.80. The molecule has 2 heterocycles. The highest BCUT2D eigenvalue weighted by molar-refractivity contribution is 9.10. The maximum atomic E-state index is 12.6. The van der Waals surface area contributed by atoms with E-state index in [9.17, 15) is 9.59 Å². The summed E-state index contributed by atoms with van der Waals surface area (Å²) in [6, 6.07) is 5.53. The van der Waals surface area contributed by atoms with Crippen LogP contribution in [0.5, 0.6) is 0 Å². The van der Waals surface area contributed by atoms with Crippen LogP contribution in [0.4, 0.5) is 0 Å². The second-order valence-electron chi connectivity index (χ2n) is 5.13. The van der Waals surface area contributed by atoms with Gasteiger partial charge >= 0.3 is 0 Å². The number of carbonyl (C=O) groups is 2. The summed E-state index contributed by atoms with van der Waals surface area (Å²) in [5.41, 5.74) is 0.513. The quantitative estimate of drug-likeness (QED) is 0.775. The molecule has 3 rings (SSSR count). The van der Waals surface area contributed by atoms with Crippen molar-refractivity contribution in [3.05, 3.63) is 33.3 Å². The lowest BCUT2D eigenvalue weighted by Gasteiger charge is -2.37. The summed E-state index contributed by atoms with van der Waals surface area (Å²) in [5.74, 6) is 0.151. The summed E-state index contributed by atoms with van der Waals surface area (Å²) >= 11 is 9.52. The van der Waals surface area contributed by atoms with Crippen molar-refractivity contribution in [3.8, 4) is 0 Å². The Morgan fingerprint density at radius 3 is 2.95 bits per heavy atom. The minimum atomic E-state index is -0.0599. The lowest BCUT2D eigenvalue weighted by molar-refractivity contribution is -0.130. The molecule has 0 radical (unpaired) electrons. The van der Waals surface area contributed by atoms with Crippen molar-refractivity contribution in [2.24, 2.45) is 0 Å². The van der Waals surface area contributed by atoms with Crippen LogP contribution >= 0.6 is 27.5 Å². The molecule has 1 unspecified atom stereocenters. The van der Waals surface area contributed by atoms with Gasteiger partial charge in [0.2, 0.25) is 5.91 Å². The number of carbonyl (C=O) groups excluding carboxylic acids is 2. The monoisotopic (exact) mass is 356 g/mol. The fourth-order valence-corrected chi connectivity index (χ4v) is 3.46. The van der Waals surface area contributed by atoms with Crippen molar-refractivity contribution in [2.45, 2.75) is 18.9 Å². The SMILES string of the molecule is O=C(c1cccc(Br)c1Cl)N1CCN2C(=O)CCC2C1. The first-order chi connectivity index (χ1) is 9.58. The van der Waals surface area contributed by atoms with E-state index in [1.807, 2.05) is 11.0 Å². The Labute approximate surface area is 130 Å². The zero-order valence-electron chi connectivity index (χ0n) is 10.8. The van der Waals surface area contributed by atoms with Crippen LogP contribution in [0.1, 0.15) is 23.2 Å². The number of rotatable bonds is 1. The lowest BCUT2D eigenvalue weighted by atomic mass is 10.1. The van der Waals surface area contributed by atoms with Crippen molar-refractivity contribution in [3.63, 3.8) is 0 Å². The van der Waals surface area contributed by atoms with Gasteiger partial charge in [0.05, 0.1) is 10.6 Å². The number of nitrogens with zero attached hydrogens (tertiary/aromatic N) is 2. The highest BCUT2D eigenvalue weighted by Crippen LogP contribution is 2.29. The van der Waals surface area contributed by atoms with Gasteiger partial charge in [-0.3, -0.25) is 9.59 Å². The van der Waals surface area contributed by atoms with Gasteiger partial charge in [-0.25, -0.2) is 0 Å². The predicted octanol–water partition coefficient (Wildman–Crippen LogP) is 2.55. The van der Waals surface area contributed by atoms with Crippen LogP contribution in [0, 0.1) is 0 Å². The Hall–Kier alpha value is -1.07. The molecule has 0 bridgehead atoms. The first kappa shape index (κ1) is 13.9. The molecule has 1 aromatic rings. The Morgan fingerprint density at radius 1 is 1.35 bits per heavy atom. The van der Waals surface area contributed by atoms with E-state index in [2.05, 4.69) is 15.9 Å². The Balaban J connectivity index is 1.79. The van der Waals surface area contributed by atoms with Gasteiger partial charge in [0.15, 0.2) is 0 Å². The molecule has 2 aliphatic heterocycles. The third-order valence-electron chi connectivity index (χ3n) is 3.96. The van der Waals surface area contributed by atoms with E-state index in [-0.39, 0.29) is 17.9 Å². The number of hydrogen-bond acceptors (Lipinski definition) is 2. The molecule has 20 heavy (non-hydrogen) atoms.